The molecule has 0 spiro atoms. The van der Waals surface area contributed by atoms with E-state index in [2.05, 4.69) is 9.97 Å². The Kier molecular flexibility index (Phi) is 1.91. The average molecular weight is 166 g/mol. The van der Waals surface area contributed by atoms with Crippen LogP contribution in [0.5, 0.6) is 0 Å². The number of ether oxygens (including phenoxy) is 1. The van der Waals surface area contributed by atoms with Gasteiger partial charge in [0.25, 0.3) is 5.56 Å². The molecule has 1 N–H and O–H groups in total. The summed E-state index contributed by atoms with van der Waals surface area (Å²) < 4.78 is 5.24. The van der Waals surface area contributed by atoms with Crippen molar-refractivity contribution in [1.82, 2.24) is 9.97 Å². The van der Waals surface area contributed by atoms with Gasteiger partial charge in [-0.1, -0.05) is 0 Å². The van der Waals surface area contributed by atoms with Crippen molar-refractivity contribution in [1.29, 1.82) is 0 Å². The summed E-state index contributed by atoms with van der Waals surface area (Å²) in [6.07, 6.45) is 2.88. The molecule has 0 saturated carbocycles. The third-order valence-electron chi connectivity index (χ3n) is 2.02. The van der Waals surface area contributed by atoms with Crippen LogP contribution in [0, 0.1) is 0 Å². The Hall–Kier alpha value is -1.16. The minimum atomic E-state index is -0.0227. The second-order valence-electron chi connectivity index (χ2n) is 2.77. The molecule has 0 aromatic carbocycles. The van der Waals surface area contributed by atoms with Gasteiger partial charge < -0.3 is 9.72 Å². The molecule has 0 unspecified atom stereocenters. The minimum absolute atomic E-state index is 0.0227. The average Bonchev–Trinajstić information content (AvgIpc) is 2.30. The van der Waals surface area contributed by atoms with Gasteiger partial charge in [0, 0.05) is 18.4 Å². The van der Waals surface area contributed by atoms with E-state index in [-0.39, 0.29) is 5.56 Å². The topological polar surface area (TPSA) is 55.0 Å². The Morgan fingerprint density at radius 2 is 2.25 bits per heavy atom. The molecule has 1 aliphatic heterocycles. The van der Waals surface area contributed by atoms with Gasteiger partial charge >= 0.3 is 0 Å². The maximum Gasteiger partial charge on any atom is 0.254 e. The van der Waals surface area contributed by atoms with E-state index in [0.29, 0.717) is 19.6 Å². The molecule has 64 valence electrons. The fourth-order valence-corrected chi connectivity index (χ4v) is 1.38. The van der Waals surface area contributed by atoms with Gasteiger partial charge in [0.1, 0.15) is 0 Å². The zero-order valence-corrected chi connectivity index (χ0v) is 6.67. The SMILES string of the molecule is O=c1[nH]cnc2c1CCOCC2. The number of H-pyrrole nitrogens is 1. The highest BCUT2D eigenvalue weighted by atomic mass is 16.5. The Bertz CT molecular complexity index is 332. The minimum Gasteiger partial charge on any atom is -0.381 e. The van der Waals surface area contributed by atoms with E-state index < -0.39 is 0 Å². The van der Waals surface area contributed by atoms with Crippen LogP contribution in [-0.4, -0.2) is 23.2 Å². The number of nitrogens with zero attached hydrogens (tertiary/aromatic N) is 1. The van der Waals surface area contributed by atoms with Gasteiger partial charge in [-0.05, 0) is 0 Å². The number of aromatic amines is 1. The van der Waals surface area contributed by atoms with E-state index in [9.17, 15) is 4.79 Å². The molecule has 0 atom stereocenters. The van der Waals surface area contributed by atoms with Crippen molar-refractivity contribution in [2.45, 2.75) is 12.8 Å². The Morgan fingerprint density at radius 1 is 1.42 bits per heavy atom. The smallest absolute Gasteiger partial charge is 0.254 e. The number of hydrogen-bond acceptors (Lipinski definition) is 3. The standard InChI is InChI=1S/C8H10N2O2/c11-8-6-1-3-12-4-2-7(6)9-5-10-8/h5H,1-4H2,(H,9,10,11). The molecule has 2 rings (SSSR count). The molecule has 0 fully saturated rings. The van der Waals surface area contributed by atoms with Gasteiger partial charge in [-0.15, -0.1) is 0 Å². The molecule has 1 aromatic heterocycles. The molecule has 1 aliphatic rings. The molecule has 0 aliphatic carbocycles. The molecule has 0 amide bonds. The summed E-state index contributed by atoms with van der Waals surface area (Å²) in [5.74, 6) is 0. The first-order chi connectivity index (χ1) is 5.88. The van der Waals surface area contributed by atoms with Crippen molar-refractivity contribution < 1.29 is 4.74 Å². The fourth-order valence-electron chi connectivity index (χ4n) is 1.38. The van der Waals surface area contributed by atoms with Crippen LogP contribution in [0.2, 0.25) is 0 Å². The van der Waals surface area contributed by atoms with Crippen molar-refractivity contribution in [3.05, 3.63) is 27.9 Å². The van der Waals surface area contributed by atoms with Crippen LogP contribution in [0.1, 0.15) is 11.3 Å². The molecule has 2 heterocycles. The molecule has 0 radical (unpaired) electrons. The van der Waals surface area contributed by atoms with Crippen LogP contribution in [0.3, 0.4) is 0 Å². The summed E-state index contributed by atoms with van der Waals surface area (Å²) >= 11 is 0. The molecular formula is C8H10N2O2. The number of hydrogen-bond donors (Lipinski definition) is 1. The molecule has 4 nitrogen and oxygen atoms in total. The zero-order valence-electron chi connectivity index (χ0n) is 6.67. The highest BCUT2D eigenvalue weighted by Gasteiger charge is 2.11. The van der Waals surface area contributed by atoms with Crippen LogP contribution in [0.25, 0.3) is 0 Å². The normalized spacial score (nSPS) is 16.7. The van der Waals surface area contributed by atoms with Crippen LogP contribution in [0.15, 0.2) is 11.1 Å². The third kappa shape index (κ3) is 1.25. The quantitative estimate of drug-likeness (QED) is 0.584. The maximum absolute atomic E-state index is 11.3. The molecule has 1 aromatic rings. The molecule has 12 heavy (non-hydrogen) atoms. The Labute approximate surface area is 69.6 Å². The lowest BCUT2D eigenvalue weighted by Gasteiger charge is -1.99. The first-order valence-corrected chi connectivity index (χ1v) is 4.01. The summed E-state index contributed by atoms with van der Waals surface area (Å²) in [5.41, 5.74) is 1.65. The van der Waals surface area contributed by atoms with Gasteiger partial charge in [-0.2, -0.15) is 0 Å². The summed E-state index contributed by atoms with van der Waals surface area (Å²) in [5, 5.41) is 0. The second kappa shape index (κ2) is 3.06. The lowest BCUT2D eigenvalue weighted by Crippen LogP contribution is -2.16. The first-order valence-electron chi connectivity index (χ1n) is 4.01. The van der Waals surface area contributed by atoms with Crippen molar-refractivity contribution in [2.75, 3.05) is 13.2 Å². The van der Waals surface area contributed by atoms with Gasteiger partial charge in [0.05, 0.1) is 25.2 Å². The largest absolute Gasteiger partial charge is 0.381 e. The van der Waals surface area contributed by atoms with Crippen LogP contribution in [0.4, 0.5) is 0 Å². The number of nitrogens with one attached hydrogen (secondary N) is 1. The van der Waals surface area contributed by atoms with Crippen LogP contribution in [-0.2, 0) is 17.6 Å². The van der Waals surface area contributed by atoms with Crippen molar-refractivity contribution in [2.24, 2.45) is 0 Å². The fraction of sp³-hybridized carbons (Fsp3) is 0.500. The summed E-state index contributed by atoms with van der Waals surface area (Å²) in [6.45, 7) is 1.30. The number of rotatable bonds is 0. The van der Waals surface area contributed by atoms with E-state index in [1.807, 2.05) is 0 Å². The maximum atomic E-state index is 11.3. The molecule has 0 saturated heterocycles. The van der Waals surface area contributed by atoms with Gasteiger partial charge in [-0.25, -0.2) is 4.98 Å². The lowest BCUT2D eigenvalue weighted by molar-refractivity contribution is 0.146. The van der Waals surface area contributed by atoms with Gasteiger partial charge in [-0.3, -0.25) is 4.79 Å². The van der Waals surface area contributed by atoms with E-state index >= 15 is 0 Å². The summed E-state index contributed by atoms with van der Waals surface area (Å²) in [4.78, 5) is 17.9. The highest BCUT2D eigenvalue weighted by Crippen LogP contribution is 2.05. The molecular weight excluding hydrogens is 156 g/mol. The van der Waals surface area contributed by atoms with Crippen molar-refractivity contribution >= 4 is 0 Å². The predicted octanol–water partition coefficient (Wildman–Crippen LogP) is -0.115. The van der Waals surface area contributed by atoms with E-state index in [1.54, 1.807) is 0 Å². The zero-order chi connectivity index (χ0) is 8.39. The van der Waals surface area contributed by atoms with Crippen LogP contribution >= 0.6 is 0 Å². The van der Waals surface area contributed by atoms with E-state index in [0.717, 1.165) is 17.7 Å². The van der Waals surface area contributed by atoms with Crippen LogP contribution < -0.4 is 5.56 Å². The number of fused-ring (bicyclic) bond motifs is 1. The first kappa shape index (κ1) is 7.49. The van der Waals surface area contributed by atoms with E-state index in [1.165, 1.54) is 6.33 Å². The van der Waals surface area contributed by atoms with Gasteiger partial charge in [0.15, 0.2) is 0 Å². The molecule has 4 heteroatoms. The van der Waals surface area contributed by atoms with E-state index in [4.69, 9.17) is 4.74 Å². The predicted molar refractivity (Wildman–Crippen MR) is 43.1 cm³/mol. The monoisotopic (exact) mass is 166 g/mol. The van der Waals surface area contributed by atoms with Crippen molar-refractivity contribution in [3.63, 3.8) is 0 Å². The third-order valence-corrected chi connectivity index (χ3v) is 2.02. The Balaban J connectivity index is 2.49. The lowest BCUT2D eigenvalue weighted by atomic mass is 10.1. The van der Waals surface area contributed by atoms with Gasteiger partial charge in [0.2, 0.25) is 0 Å². The van der Waals surface area contributed by atoms with Crippen molar-refractivity contribution in [3.8, 4) is 0 Å². The summed E-state index contributed by atoms with van der Waals surface area (Å²) in [7, 11) is 0. The highest BCUT2D eigenvalue weighted by molar-refractivity contribution is 5.17. The number of aromatic nitrogens is 2. The second-order valence-corrected chi connectivity index (χ2v) is 2.77. The molecule has 0 bridgehead atoms. The Morgan fingerprint density at radius 3 is 3.17 bits per heavy atom. The summed E-state index contributed by atoms with van der Waals surface area (Å²) in [6, 6.07) is 0.